The molecule has 0 spiro atoms. The fourth-order valence-corrected chi connectivity index (χ4v) is 2.17. The van der Waals surface area contributed by atoms with E-state index in [0.29, 0.717) is 11.3 Å². The van der Waals surface area contributed by atoms with Gasteiger partial charge in [0.15, 0.2) is 0 Å². The van der Waals surface area contributed by atoms with Crippen molar-refractivity contribution in [3.8, 4) is 0 Å². The summed E-state index contributed by atoms with van der Waals surface area (Å²) >= 11 is 1.90. The summed E-state index contributed by atoms with van der Waals surface area (Å²) in [4.78, 5) is 1.34. The van der Waals surface area contributed by atoms with Crippen LogP contribution in [0.3, 0.4) is 0 Å². The molecule has 1 nitrogen and oxygen atoms in total. The van der Waals surface area contributed by atoms with Gasteiger partial charge in [-0.05, 0) is 26.0 Å². The van der Waals surface area contributed by atoms with Crippen molar-refractivity contribution in [3.63, 3.8) is 0 Å². The molecule has 0 fully saturated rings. The summed E-state index contributed by atoms with van der Waals surface area (Å²) in [6, 6.07) is 8.98. The van der Waals surface area contributed by atoms with Gasteiger partial charge in [-0.2, -0.15) is 0 Å². The van der Waals surface area contributed by atoms with Crippen LogP contribution in [-0.4, -0.2) is 11.3 Å². The molecule has 1 rings (SSSR count). The van der Waals surface area contributed by atoms with Gasteiger partial charge in [-0.25, -0.2) is 0 Å². The molecule has 0 aliphatic heterocycles. The molecule has 1 N–H and O–H groups in total. The highest BCUT2D eigenvalue weighted by atomic mass is 32.2. The van der Waals surface area contributed by atoms with E-state index < -0.39 is 0 Å². The van der Waals surface area contributed by atoms with E-state index >= 15 is 0 Å². The van der Waals surface area contributed by atoms with Crippen LogP contribution in [-0.2, 0) is 0 Å². The van der Waals surface area contributed by atoms with Gasteiger partial charge in [0.2, 0.25) is 0 Å². The molecule has 0 aliphatic carbocycles. The number of rotatable bonds is 4. The van der Waals surface area contributed by atoms with Gasteiger partial charge in [-0.1, -0.05) is 26.0 Å². The Morgan fingerprint density at radius 1 is 1.07 bits per heavy atom. The number of anilines is 1. The molecule has 0 unspecified atom stereocenters. The summed E-state index contributed by atoms with van der Waals surface area (Å²) in [5.74, 6) is 0. The van der Waals surface area contributed by atoms with Crippen LogP contribution in [0.25, 0.3) is 0 Å². The Kier molecular flexibility index (Phi) is 4.33. The Morgan fingerprint density at radius 2 is 1.71 bits per heavy atom. The van der Waals surface area contributed by atoms with Gasteiger partial charge < -0.3 is 5.32 Å². The van der Waals surface area contributed by atoms with Gasteiger partial charge in [-0.15, -0.1) is 11.8 Å². The van der Waals surface area contributed by atoms with E-state index in [1.54, 1.807) is 0 Å². The zero-order chi connectivity index (χ0) is 10.6. The highest BCUT2D eigenvalue weighted by molar-refractivity contribution is 8.00. The summed E-state index contributed by atoms with van der Waals surface area (Å²) in [7, 11) is 0. The van der Waals surface area contributed by atoms with Crippen molar-refractivity contribution in [3.05, 3.63) is 24.3 Å². The first-order chi connectivity index (χ1) is 6.59. The second-order valence-electron chi connectivity index (χ2n) is 3.96. The van der Waals surface area contributed by atoms with Crippen molar-refractivity contribution >= 4 is 17.4 Å². The van der Waals surface area contributed by atoms with E-state index in [4.69, 9.17) is 0 Å². The lowest BCUT2D eigenvalue weighted by Crippen LogP contribution is -2.10. The highest BCUT2D eigenvalue weighted by Crippen LogP contribution is 2.30. The van der Waals surface area contributed by atoms with Crippen LogP contribution in [0.1, 0.15) is 27.7 Å². The van der Waals surface area contributed by atoms with Gasteiger partial charge in [0.25, 0.3) is 0 Å². The molecule has 0 saturated carbocycles. The van der Waals surface area contributed by atoms with Crippen molar-refractivity contribution in [2.45, 2.75) is 43.9 Å². The zero-order valence-electron chi connectivity index (χ0n) is 9.37. The third-order valence-corrected chi connectivity index (χ3v) is 2.78. The summed E-state index contributed by atoms with van der Waals surface area (Å²) in [6.07, 6.45) is 0. The van der Waals surface area contributed by atoms with E-state index in [1.165, 1.54) is 10.6 Å². The zero-order valence-corrected chi connectivity index (χ0v) is 10.2. The van der Waals surface area contributed by atoms with Crippen LogP contribution in [0.15, 0.2) is 29.2 Å². The Bertz CT molecular complexity index is 252. The quantitative estimate of drug-likeness (QED) is 0.752. The molecule has 2 heteroatoms. The third-order valence-electron chi connectivity index (χ3n) is 1.69. The van der Waals surface area contributed by atoms with Crippen molar-refractivity contribution in [1.82, 2.24) is 0 Å². The third kappa shape index (κ3) is 3.62. The number of nitrogens with one attached hydrogen (secondary N) is 1. The molecule has 0 atom stereocenters. The number of hydrogen-bond acceptors (Lipinski definition) is 2. The first-order valence-corrected chi connectivity index (χ1v) is 5.99. The fraction of sp³-hybridized carbons (Fsp3) is 0.500. The van der Waals surface area contributed by atoms with E-state index in [9.17, 15) is 0 Å². The molecule has 0 saturated heterocycles. The normalized spacial score (nSPS) is 11.0. The largest absolute Gasteiger partial charge is 0.382 e. The lowest BCUT2D eigenvalue weighted by atomic mass is 10.3. The topological polar surface area (TPSA) is 12.0 Å². The second-order valence-corrected chi connectivity index (χ2v) is 5.58. The summed E-state index contributed by atoms with van der Waals surface area (Å²) in [6.45, 7) is 8.77. The minimum Gasteiger partial charge on any atom is -0.382 e. The van der Waals surface area contributed by atoms with Crippen molar-refractivity contribution in [1.29, 1.82) is 0 Å². The molecule has 0 aliphatic rings. The first kappa shape index (κ1) is 11.4. The Morgan fingerprint density at radius 3 is 2.29 bits per heavy atom. The van der Waals surface area contributed by atoms with Gasteiger partial charge >= 0.3 is 0 Å². The molecular weight excluding hydrogens is 190 g/mol. The number of thioether (sulfide) groups is 1. The van der Waals surface area contributed by atoms with Crippen LogP contribution in [0, 0.1) is 0 Å². The molecule has 1 aromatic rings. The van der Waals surface area contributed by atoms with E-state index in [1.807, 2.05) is 11.8 Å². The molecule has 0 radical (unpaired) electrons. The maximum absolute atomic E-state index is 3.46. The van der Waals surface area contributed by atoms with Gasteiger partial charge in [0, 0.05) is 21.9 Å². The first-order valence-electron chi connectivity index (χ1n) is 5.12. The Labute approximate surface area is 91.3 Å². The standard InChI is InChI=1S/C12H19NS/c1-9(2)13-11-7-5-6-8-12(11)14-10(3)4/h5-10,13H,1-4H3. The average Bonchev–Trinajstić information content (AvgIpc) is 2.06. The van der Waals surface area contributed by atoms with E-state index in [2.05, 4.69) is 57.3 Å². The predicted octanol–water partition coefficient (Wildman–Crippen LogP) is 4.01. The highest BCUT2D eigenvalue weighted by Gasteiger charge is 2.04. The van der Waals surface area contributed by atoms with E-state index in [0.717, 1.165) is 0 Å². The molecule has 0 heterocycles. The minimum absolute atomic E-state index is 0.490. The van der Waals surface area contributed by atoms with E-state index in [-0.39, 0.29) is 0 Å². The molecule has 1 aromatic carbocycles. The minimum atomic E-state index is 0.490. The van der Waals surface area contributed by atoms with Gasteiger partial charge in [0.05, 0.1) is 0 Å². The predicted molar refractivity (Wildman–Crippen MR) is 66.2 cm³/mol. The molecule has 0 aromatic heterocycles. The van der Waals surface area contributed by atoms with Crippen LogP contribution < -0.4 is 5.32 Å². The number of benzene rings is 1. The van der Waals surface area contributed by atoms with Crippen molar-refractivity contribution in [2.75, 3.05) is 5.32 Å². The van der Waals surface area contributed by atoms with Crippen LogP contribution >= 0.6 is 11.8 Å². The molecule has 0 bridgehead atoms. The number of para-hydroxylation sites is 1. The second kappa shape index (κ2) is 5.30. The monoisotopic (exact) mass is 209 g/mol. The Balaban J connectivity index is 2.80. The number of hydrogen-bond donors (Lipinski definition) is 1. The maximum Gasteiger partial charge on any atom is 0.0480 e. The summed E-state index contributed by atoms with van der Waals surface area (Å²) in [5.41, 5.74) is 1.25. The molecule has 14 heavy (non-hydrogen) atoms. The lowest BCUT2D eigenvalue weighted by molar-refractivity contribution is 0.894. The van der Waals surface area contributed by atoms with Crippen LogP contribution in [0.4, 0.5) is 5.69 Å². The van der Waals surface area contributed by atoms with Gasteiger partial charge in [0.1, 0.15) is 0 Å². The maximum atomic E-state index is 3.46. The van der Waals surface area contributed by atoms with Crippen molar-refractivity contribution in [2.24, 2.45) is 0 Å². The SMILES string of the molecule is CC(C)Nc1ccccc1SC(C)C. The Hall–Kier alpha value is -0.630. The smallest absolute Gasteiger partial charge is 0.0480 e. The summed E-state index contributed by atoms with van der Waals surface area (Å²) in [5, 5.41) is 4.09. The molecular formula is C12H19NS. The average molecular weight is 209 g/mol. The molecule has 78 valence electrons. The lowest BCUT2D eigenvalue weighted by Gasteiger charge is -2.15. The molecule has 0 amide bonds. The summed E-state index contributed by atoms with van der Waals surface area (Å²) < 4.78 is 0. The fourth-order valence-electron chi connectivity index (χ4n) is 1.25. The van der Waals surface area contributed by atoms with Crippen LogP contribution in [0.2, 0.25) is 0 Å². The van der Waals surface area contributed by atoms with Crippen LogP contribution in [0.5, 0.6) is 0 Å². The van der Waals surface area contributed by atoms with Crippen molar-refractivity contribution < 1.29 is 0 Å². The van der Waals surface area contributed by atoms with Gasteiger partial charge in [-0.3, -0.25) is 0 Å².